The van der Waals surface area contributed by atoms with Gasteiger partial charge in [0.2, 0.25) is 5.96 Å². The molecule has 120 valence electrons. The van der Waals surface area contributed by atoms with Crippen molar-refractivity contribution in [3.63, 3.8) is 0 Å². The quantitative estimate of drug-likeness (QED) is 0.217. The van der Waals surface area contributed by atoms with Gasteiger partial charge in [0.1, 0.15) is 12.4 Å². The summed E-state index contributed by atoms with van der Waals surface area (Å²) in [5, 5.41) is 33.4. The number of hydrogen-bond donors (Lipinski definition) is 6. The average Bonchev–Trinajstić information content (AvgIpc) is 2.43. The van der Waals surface area contributed by atoms with Gasteiger partial charge in [0.15, 0.2) is 12.3 Å². The summed E-state index contributed by atoms with van der Waals surface area (Å²) in [4.78, 5) is 6.65. The Morgan fingerprint density at radius 2 is 2.14 bits per heavy atom. The second kappa shape index (κ2) is 6.34. The van der Waals surface area contributed by atoms with E-state index in [1.54, 1.807) is 0 Å². The summed E-state index contributed by atoms with van der Waals surface area (Å²) in [6, 6.07) is 0. The maximum atomic E-state index is 13.9. The molecular formula is C9H14F3N5O4. The largest absolute Gasteiger partial charge is 0.390 e. The first-order valence-electron chi connectivity index (χ1n) is 5.54. The lowest BCUT2D eigenvalue weighted by molar-refractivity contribution is -0.333. The third kappa shape index (κ3) is 3.87. The Hall–Kier alpha value is -1.76. The van der Waals surface area contributed by atoms with Gasteiger partial charge in [-0.2, -0.15) is 4.99 Å². The van der Waals surface area contributed by atoms with Gasteiger partial charge < -0.3 is 26.1 Å². The zero-order valence-corrected chi connectivity index (χ0v) is 10.5. The Morgan fingerprint density at radius 3 is 2.62 bits per heavy atom. The van der Waals surface area contributed by atoms with Gasteiger partial charge >= 0.3 is 0 Å². The lowest BCUT2D eigenvalue weighted by Crippen LogP contribution is -2.60. The monoisotopic (exact) mass is 313 g/mol. The molecule has 0 aromatic carbocycles. The zero-order valence-electron chi connectivity index (χ0n) is 10.5. The first-order valence-corrected chi connectivity index (χ1v) is 5.54. The molecular weight excluding hydrogens is 299 g/mol. The number of nitrogens with zero attached hydrogens (tertiary/aromatic N) is 2. The highest BCUT2D eigenvalue weighted by Crippen LogP contribution is 2.40. The van der Waals surface area contributed by atoms with E-state index in [1.807, 2.05) is 0 Å². The Balaban J connectivity index is 3.05. The van der Waals surface area contributed by atoms with Crippen molar-refractivity contribution >= 4 is 18.0 Å². The molecule has 1 heterocycles. The van der Waals surface area contributed by atoms with Crippen molar-refractivity contribution < 1.29 is 33.3 Å². The van der Waals surface area contributed by atoms with Crippen molar-refractivity contribution in [2.75, 3.05) is 6.61 Å². The number of aliphatic hydroxyl groups excluding tert-OH is 2. The number of hydroxylamine groups is 1. The van der Waals surface area contributed by atoms with Gasteiger partial charge in [0.25, 0.3) is 11.8 Å². The summed E-state index contributed by atoms with van der Waals surface area (Å²) in [7, 11) is 0. The number of aliphatic hydroxyl groups is 2. The number of rotatable bonds is 3. The van der Waals surface area contributed by atoms with Crippen molar-refractivity contribution in [3.8, 4) is 0 Å². The van der Waals surface area contributed by atoms with Crippen molar-refractivity contribution in [1.82, 2.24) is 5.48 Å². The van der Waals surface area contributed by atoms with E-state index in [-0.39, 0.29) is 0 Å². The highest BCUT2D eigenvalue weighted by molar-refractivity contribution is 6.29. The summed E-state index contributed by atoms with van der Waals surface area (Å²) < 4.78 is 45.3. The van der Waals surface area contributed by atoms with E-state index in [0.29, 0.717) is 6.21 Å². The molecule has 0 aromatic rings. The lowest BCUT2D eigenvalue weighted by atomic mass is 9.98. The van der Waals surface area contributed by atoms with Crippen LogP contribution >= 0.6 is 0 Å². The number of ether oxygens (including phenoxy) is 1. The fraction of sp³-hybridized carbons (Fsp3) is 0.667. The van der Waals surface area contributed by atoms with Gasteiger partial charge in [-0.05, 0) is 0 Å². The number of alkyl halides is 3. The SMILES string of the molecule is N=CC(N)=NC(=N[C@H]1CC(F)(F)[C@H](O)[C@@](F)(CO)O1)NO. The van der Waals surface area contributed by atoms with Gasteiger partial charge in [-0.1, -0.05) is 0 Å². The fourth-order valence-electron chi connectivity index (χ4n) is 1.56. The molecule has 12 heteroatoms. The minimum absolute atomic E-state index is 0.424. The number of nitrogens with one attached hydrogen (secondary N) is 2. The summed E-state index contributed by atoms with van der Waals surface area (Å²) >= 11 is 0. The van der Waals surface area contributed by atoms with E-state index in [0.717, 1.165) is 0 Å². The standard InChI is InChI=1S/C9H14F3N5O4/c10-8(11)1-5(21-9(12,3-18)6(8)19)16-7(17-20)15-4(14)2-13/h2,5-6,13,18-20H,1,3H2,(H3,14,15,16,17)/t5-,6+,9-/m1/s1. The van der Waals surface area contributed by atoms with Crippen LogP contribution in [0.5, 0.6) is 0 Å². The number of amidine groups is 1. The van der Waals surface area contributed by atoms with Gasteiger partial charge in [-0.3, -0.25) is 5.21 Å². The fourth-order valence-corrected chi connectivity index (χ4v) is 1.56. The van der Waals surface area contributed by atoms with Gasteiger partial charge in [-0.15, -0.1) is 0 Å². The van der Waals surface area contributed by atoms with Crippen LogP contribution in [0.1, 0.15) is 6.42 Å². The Morgan fingerprint density at radius 1 is 1.52 bits per heavy atom. The van der Waals surface area contributed by atoms with E-state index in [2.05, 4.69) is 14.7 Å². The molecule has 0 radical (unpaired) electrons. The van der Waals surface area contributed by atoms with E-state index >= 15 is 0 Å². The Kier molecular flexibility index (Phi) is 5.22. The third-order valence-corrected chi connectivity index (χ3v) is 2.55. The topological polar surface area (TPSA) is 157 Å². The highest BCUT2D eigenvalue weighted by atomic mass is 19.3. The molecule has 21 heavy (non-hydrogen) atoms. The maximum Gasteiger partial charge on any atom is 0.283 e. The highest BCUT2D eigenvalue weighted by Gasteiger charge is 2.60. The van der Waals surface area contributed by atoms with Crippen LogP contribution in [0.15, 0.2) is 9.98 Å². The van der Waals surface area contributed by atoms with E-state index in [9.17, 15) is 13.2 Å². The molecule has 0 aliphatic carbocycles. The predicted octanol–water partition coefficient (Wildman–Crippen LogP) is -1.27. The van der Waals surface area contributed by atoms with Crippen LogP contribution in [0.4, 0.5) is 13.2 Å². The molecule has 1 aliphatic rings. The molecule has 1 fully saturated rings. The van der Waals surface area contributed by atoms with Crippen molar-refractivity contribution in [1.29, 1.82) is 5.41 Å². The number of nitrogens with two attached hydrogens (primary N) is 1. The summed E-state index contributed by atoms with van der Waals surface area (Å²) in [6.45, 7) is -1.52. The third-order valence-electron chi connectivity index (χ3n) is 2.55. The lowest BCUT2D eigenvalue weighted by Gasteiger charge is -2.40. The average molecular weight is 313 g/mol. The summed E-state index contributed by atoms with van der Waals surface area (Å²) in [5.41, 5.74) is 6.55. The molecule has 0 aromatic heterocycles. The number of guanidine groups is 1. The molecule has 1 rings (SSSR count). The van der Waals surface area contributed by atoms with E-state index in [4.69, 9.17) is 26.6 Å². The summed E-state index contributed by atoms with van der Waals surface area (Å²) in [6.07, 6.45) is -5.37. The maximum absolute atomic E-state index is 13.9. The molecule has 1 saturated heterocycles. The van der Waals surface area contributed by atoms with Gasteiger partial charge in [-0.25, -0.2) is 23.6 Å². The van der Waals surface area contributed by atoms with Crippen molar-refractivity contribution in [3.05, 3.63) is 0 Å². The van der Waals surface area contributed by atoms with Crippen LogP contribution < -0.4 is 11.2 Å². The van der Waals surface area contributed by atoms with Crippen LogP contribution in [0, 0.1) is 5.41 Å². The Labute approximate surface area is 116 Å². The zero-order chi connectivity index (χ0) is 16.3. The van der Waals surface area contributed by atoms with E-state index < -0.39 is 48.9 Å². The molecule has 3 atom stereocenters. The predicted molar refractivity (Wildman–Crippen MR) is 64.1 cm³/mol. The molecule has 7 N–H and O–H groups in total. The summed E-state index contributed by atoms with van der Waals surface area (Å²) in [5.74, 6) is -8.49. The second-order valence-electron chi connectivity index (χ2n) is 4.13. The minimum Gasteiger partial charge on any atom is -0.390 e. The smallest absolute Gasteiger partial charge is 0.283 e. The number of aliphatic imine (C=N–C) groups is 2. The van der Waals surface area contributed by atoms with Crippen LogP contribution in [-0.4, -0.2) is 64.1 Å². The van der Waals surface area contributed by atoms with Crippen molar-refractivity contribution in [2.24, 2.45) is 15.7 Å². The molecule has 0 amide bonds. The van der Waals surface area contributed by atoms with Crippen LogP contribution in [0.3, 0.4) is 0 Å². The van der Waals surface area contributed by atoms with Gasteiger partial charge in [0.05, 0.1) is 12.6 Å². The minimum atomic E-state index is -3.93. The van der Waals surface area contributed by atoms with Crippen LogP contribution in [0.25, 0.3) is 0 Å². The normalized spacial score (nSPS) is 33.6. The molecule has 0 unspecified atom stereocenters. The number of hydrogen-bond acceptors (Lipinski definition) is 6. The molecule has 1 aliphatic heterocycles. The second-order valence-corrected chi connectivity index (χ2v) is 4.13. The number of halogens is 3. The molecule has 0 saturated carbocycles. The van der Waals surface area contributed by atoms with Crippen LogP contribution in [0.2, 0.25) is 0 Å². The Bertz CT molecular complexity index is 461. The van der Waals surface area contributed by atoms with E-state index in [1.165, 1.54) is 5.48 Å². The molecule has 9 nitrogen and oxygen atoms in total. The first-order chi connectivity index (χ1) is 9.68. The van der Waals surface area contributed by atoms with Gasteiger partial charge in [0, 0.05) is 0 Å². The van der Waals surface area contributed by atoms with Crippen molar-refractivity contribution in [2.45, 2.75) is 30.5 Å². The first kappa shape index (κ1) is 17.3. The molecule has 0 bridgehead atoms. The molecule has 0 spiro atoms. The van der Waals surface area contributed by atoms with Crippen LogP contribution in [-0.2, 0) is 4.74 Å².